The van der Waals surface area contributed by atoms with Crippen LogP contribution in [0.25, 0.3) is 0 Å². The number of hydrogen-bond acceptors (Lipinski definition) is 8. The second-order valence-corrected chi connectivity index (χ2v) is 8.96. The van der Waals surface area contributed by atoms with E-state index in [0.717, 1.165) is 4.90 Å². The van der Waals surface area contributed by atoms with E-state index in [1.54, 1.807) is 6.26 Å². The van der Waals surface area contributed by atoms with Gasteiger partial charge in [0.25, 0.3) is 0 Å². The molecule has 4 atom stereocenters. The van der Waals surface area contributed by atoms with Gasteiger partial charge >= 0.3 is 11.9 Å². The summed E-state index contributed by atoms with van der Waals surface area (Å²) in [6.45, 7) is 0.177. The Kier molecular flexibility index (Phi) is 12.4. The number of nitrogens with two attached hydrogens (primary N) is 2. The first-order valence-electron chi connectivity index (χ1n) is 10.9. The van der Waals surface area contributed by atoms with E-state index < -0.39 is 66.2 Å². The molecule has 1 heterocycles. The Morgan fingerprint density at radius 2 is 1.65 bits per heavy atom. The van der Waals surface area contributed by atoms with E-state index in [-0.39, 0.29) is 38.6 Å². The number of thioether (sulfide) groups is 1. The van der Waals surface area contributed by atoms with Crippen LogP contribution in [0, 0.1) is 0 Å². The Bertz CT molecular complexity index is 780. The minimum Gasteiger partial charge on any atom is -0.481 e. The molecule has 192 valence electrons. The lowest BCUT2D eigenvalue weighted by atomic mass is 10.1. The SMILES string of the molecule is CSCCC(NC(=O)C(N)CCC(N)=O)C(=O)NC(CCC(=O)O)C(=O)N1CCCC1C(=O)O. The number of carboxylic acids is 2. The normalized spacial score (nSPS) is 17.9. The molecule has 1 fully saturated rings. The zero-order chi connectivity index (χ0) is 25.8. The van der Waals surface area contributed by atoms with E-state index in [9.17, 15) is 33.9 Å². The molecular formula is C20H33N5O8S. The van der Waals surface area contributed by atoms with Gasteiger partial charge in [0.2, 0.25) is 23.6 Å². The van der Waals surface area contributed by atoms with Gasteiger partial charge in [-0.05, 0) is 44.1 Å². The molecule has 4 unspecified atom stereocenters. The van der Waals surface area contributed by atoms with Crippen LogP contribution in [0.4, 0.5) is 0 Å². The van der Waals surface area contributed by atoms with Gasteiger partial charge in [-0.1, -0.05) is 0 Å². The summed E-state index contributed by atoms with van der Waals surface area (Å²) in [6.07, 6.45) is 1.93. The Balaban J connectivity index is 2.97. The third-order valence-corrected chi connectivity index (χ3v) is 6.01. The summed E-state index contributed by atoms with van der Waals surface area (Å²) in [5.74, 6) is -4.59. The van der Waals surface area contributed by atoms with Crippen LogP contribution in [0.5, 0.6) is 0 Å². The fourth-order valence-corrected chi connectivity index (χ4v) is 3.97. The Morgan fingerprint density at radius 3 is 2.21 bits per heavy atom. The number of amides is 4. The van der Waals surface area contributed by atoms with Crippen molar-refractivity contribution in [2.24, 2.45) is 11.5 Å². The minimum absolute atomic E-state index is 0.0106. The van der Waals surface area contributed by atoms with Crippen LogP contribution in [0.15, 0.2) is 0 Å². The zero-order valence-corrected chi connectivity index (χ0v) is 19.8. The van der Waals surface area contributed by atoms with E-state index >= 15 is 0 Å². The number of nitrogens with zero attached hydrogens (tertiary/aromatic N) is 1. The maximum Gasteiger partial charge on any atom is 0.326 e. The van der Waals surface area contributed by atoms with Crippen LogP contribution in [0.1, 0.15) is 44.9 Å². The second kappa shape index (κ2) is 14.4. The zero-order valence-electron chi connectivity index (χ0n) is 19.0. The van der Waals surface area contributed by atoms with Crippen LogP contribution >= 0.6 is 11.8 Å². The molecule has 0 bridgehead atoms. The second-order valence-electron chi connectivity index (χ2n) is 7.98. The standard InChI is InChI=1S/C20H33N5O8S/c1-34-10-8-12(23-17(29)11(21)4-6-15(22)26)18(30)24-13(5-7-16(27)28)19(31)25-9-2-3-14(25)20(32)33/h11-14H,2-10,21H2,1H3,(H2,22,26)(H,23,29)(H,24,30)(H,27,28)(H,32,33). The number of rotatable bonds is 15. The number of carboxylic acid groups (broad SMARTS) is 2. The molecule has 34 heavy (non-hydrogen) atoms. The maximum absolute atomic E-state index is 13.0. The summed E-state index contributed by atoms with van der Waals surface area (Å²) in [6, 6.07) is -4.48. The van der Waals surface area contributed by atoms with Gasteiger partial charge in [-0.15, -0.1) is 0 Å². The molecule has 1 aliphatic heterocycles. The molecule has 0 spiro atoms. The molecule has 0 radical (unpaired) electrons. The van der Waals surface area contributed by atoms with Crippen molar-refractivity contribution < 1.29 is 39.0 Å². The van der Waals surface area contributed by atoms with Crippen molar-refractivity contribution in [3.63, 3.8) is 0 Å². The van der Waals surface area contributed by atoms with Crippen molar-refractivity contribution in [1.82, 2.24) is 15.5 Å². The number of aliphatic carboxylic acids is 2. The van der Waals surface area contributed by atoms with Gasteiger partial charge in [0.15, 0.2) is 0 Å². The lowest BCUT2D eigenvalue weighted by molar-refractivity contribution is -0.150. The number of primary amides is 1. The average Bonchev–Trinajstić information content (AvgIpc) is 3.27. The predicted molar refractivity (Wildman–Crippen MR) is 123 cm³/mol. The summed E-state index contributed by atoms with van der Waals surface area (Å²) >= 11 is 1.42. The highest BCUT2D eigenvalue weighted by Gasteiger charge is 2.38. The summed E-state index contributed by atoms with van der Waals surface area (Å²) < 4.78 is 0. The molecule has 4 amide bonds. The largest absolute Gasteiger partial charge is 0.481 e. The van der Waals surface area contributed by atoms with Crippen molar-refractivity contribution in [3.05, 3.63) is 0 Å². The van der Waals surface area contributed by atoms with Gasteiger partial charge in [-0.25, -0.2) is 4.79 Å². The fraction of sp³-hybridized carbons (Fsp3) is 0.700. The smallest absolute Gasteiger partial charge is 0.326 e. The highest BCUT2D eigenvalue weighted by Crippen LogP contribution is 2.20. The minimum atomic E-state index is -1.28. The molecule has 14 heteroatoms. The highest BCUT2D eigenvalue weighted by molar-refractivity contribution is 7.98. The lowest BCUT2D eigenvalue weighted by Crippen LogP contribution is -2.57. The molecule has 0 aromatic heterocycles. The summed E-state index contributed by atoms with van der Waals surface area (Å²) in [5, 5.41) is 23.4. The van der Waals surface area contributed by atoms with E-state index in [2.05, 4.69) is 10.6 Å². The third-order valence-electron chi connectivity index (χ3n) is 5.36. The van der Waals surface area contributed by atoms with Crippen LogP contribution in [0.2, 0.25) is 0 Å². The maximum atomic E-state index is 13.0. The van der Waals surface area contributed by atoms with Gasteiger partial charge in [-0.2, -0.15) is 11.8 Å². The molecule has 0 aromatic carbocycles. The third kappa shape index (κ3) is 9.55. The van der Waals surface area contributed by atoms with Gasteiger partial charge in [0.05, 0.1) is 6.04 Å². The van der Waals surface area contributed by atoms with Crippen LogP contribution < -0.4 is 22.1 Å². The van der Waals surface area contributed by atoms with Crippen LogP contribution in [0.3, 0.4) is 0 Å². The van der Waals surface area contributed by atoms with Gasteiger partial charge in [0.1, 0.15) is 18.1 Å². The summed E-state index contributed by atoms with van der Waals surface area (Å²) in [5.41, 5.74) is 10.8. The van der Waals surface area contributed by atoms with Gasteiger partial charge in [-0.3, -0.25) is 24.0 Å². The van der Waals surface area contributed by atoms with Crippen LogP contribution in [-0.4, -0.2) is 93.4 Å². The molecule has 0 aliphatic carbocycles. The molecule has 8 N–H and O–H groups in total. The molecule has 13 nitrogen and oxygen atoms in total. The van der Waals surface area contributed by atoms with Crippen molar-refractivity contribution in [2.45, 2.75) is 69.1 Å². The Labute approximate surface area is 201 Å². The molecule has 0 aromatic rings. The van der Waals surface area contributed by atoms with Crippen molar-refractivity contribution in [2.75, 3.05) is 18.6 Å². The molecule has 0 saturated carbocycles. The first-order chi connectivity index (χ1) is 16.0. The van der Waals surface area contributed by atoms with E-state index in [4.69, 9.17) is 16.6 Å². The average molecular weight is 504 g/mol. The number of hydrogen-bond donors (Lipinski definition) is 6. The summed E-state index contributed by atoms with van der Waals surface area (Å²) in [4.78, 5) is 73.0. The quantitative estimate of drug-likeness (QED) is 0.148. The first kappa shape index (κ1) is 29.2. The predicted octanol–water partition coefficient (Wildman–Crippen LogP) is -1.76. The number of carbonyl (C=O) groups is 6. The number of likely N-dealkylation sites (tertiary alicyclic amines) is 1. The van der Waals surface area contributed by atoms with Gasteiger partial charge in [0, 0.05) is 19.4 Å². The fourth-order valence-electron chi connectivity index (χ4n) is 3.50. The molecule has 1 saturated heterocycles. The molecule has 1 rings (SSSR count). The molecule has 1 aliphatic rings. The van der Waals surface area contributed by atoms with Crippen molar-refractivity contribution in [3.8, 4) is 0 Å². The molecular weight excluding hydrogens is 470 g/mol. The lowest BCUT2D eigenvalue weighted by Gasteiger charge is -2.28. The summed E-state index contributed by atoms with van der Waals surface area (Å²) in [7, 11) is 0. The monoisotopic (exact) mass is 503 g/mol. The van der Waals surface area contributed by atoms with Crippen molar-refractivity contribution in [1.29, 1.82) is 0 Å². The van der Waals surface area contributed by atoms with Crippen molar-refractivity contribution >= 4 is 47.3 Å². The Morgan fingerprint density at radius 1 is 1.00 bits per heavy atom. The van der Waals surface area contributed by atoms with Crippen LogP contribution in [-0.2, 0) is 28.8 Å². The topological polar surface area (TPSA) is 222 Å². The first-order valence-corrected chi connectivity index (χ1v) is 12.3. The number of nitrogens with one attached hydrogen (secondary N) is 2. The van der Waals surface area contributed by atoms with Gasteiger partial charge < -0.3 is 37.2 Å². The van der Waals surface area contributed by atoms with E-state index in [1.165, 1.54) is 11.8 Å². The number of carbonyl (C=O) groups excluding carboxylic acids is 4. The Hall–Kier alpha value is -2.87. The van der Waals surface area contributed by atoms with E-state index in [0.29, 0.717) is 12.2 Å². The van der Waals surface area contributed by atoms with E-state index in [1.807, 2.05) is 0 Å². The highest BCUT2D eigenvalue weighted by atomic mass is 32.2.